The Morgan fingerprint density at radius 3 is 2.58 bits per heavy atom. The van der Waals surface area contributed by atoms with E-state index in [1.54, 1.807) is 11.1 Å². The van der Waals surface area contributed by atoms with Crippen LogP contribution >= 0.6 is 11.3 Å². The molecule has 2 aromatic heterocycles. The van der Waals surface area contributed by atoms with Gasteiger partial charge in [-0.1, -0.05) is 6.07 Å². The number of hydrogen-bond acceptors (Lipinski definition) is 6. The summed E-state index contributed by atoms with van der Waals surface area (Å²) in [7, 11) is 0. The van der Waals surface area contributed by atoms with E-state index < -0.39 is 0 Å². The summed E-state index contributed by atoms with van der Waals surface area (Å²) in [6.07, 6.45) is 4.91. The smallest absolute Gasteiger partial charge is 0.263 e. The maximum absolute atomic E-state index is 12.8. The van der Waals surface area contributed by atoms with Gasteiger partial charge in [-0.25, -0.2) is 4.98 Å². The second-order valence-electron chi connectivity index (χ2n) is 8.15. The van der Waals surface area contributed by atoms with Crippen LogP contribution in [0.15, 0.2) is 35.8 Å². The molecule has 0 bridgehead atoms. The summed E-state index contributed by atoms with van der Waals surface area (Å²) in [5.74, 6) is 0.0122. The van der Waals surface area contributed by atoms with Crippen molar-refractivity contribution in [3.8, 4) is 0 Å². The van der Waals surface area contributed by atoms with Crippen LogP contribution in [-0.2, 0) is 9.59 Å². The number of hydrogen-bond donors (Lipinski definition) is 2. The first kappa shape index (κ1) is 21.3. The molecule has 2 aromatic rings. The van der Waals surface area contributed by atoms with Crippen molar-refractivity contribution < 1.29 is 14.4 Å². The van der Waals surface area contributed by atoms with Crippen molar-refractivity contribution in [1.29, 1.82) is 0 Å². The summed E-state index contributed by atoms with van der Waals surface area (Å²) < 4.78 is 0. The maximum atomic E-state index is 12.8. The zero-order chi connectivity index (χ0) is 21.8. The number of thiophene rings is 1. The van der Waals surface area contributed by atoms with Crippen LogP contribution in [0, 0.1) is 11.8 Å². The molecule has 0 radical (unpaired) electrons. The fourth-order valence-electron chi connectivity index (χ4n) is 4.24. The van der Waals surface area contributed by atoms with E-state index in [-0.39, 0.29) is 29.6 Å². The molecule has 2 unspecified atom stereocenters. The molecule has 0 aromatic carbocycles. The quantitative estimate of drug-likeness (QED) is 0.740. The molecule has 3 N–H and O–H groups in total. The van der Waals surface area contributed by atoms with Gasteiger partial charge in [-0.3, -0.25) is 14.4 Å². The van der Waals surface area contributed by atoms with Gasteiger partial charge < -0.3 is 20.9 Å². The number of primary amides is 1. The SMILES string of the molecule is NC(=O)C1CCCN(c2ccc(NC(=O)C3CCCN(C(=O)c4cccs4)C3)cn2)C1. The van der Waals surface area contributed by atoms with Gasteiger partial charge in [-0.05, 0) is 49.3 Å². The van der Waals surface area contributed by atoms with E-state index in [1.165, 1.54) is 11.3 Å². The fourth-order valence-corrected chi connectivity index (χ4v) is 4.93. The third-order valence-electron chi connectivity index (χ3n) is 5.97. The third-order valence-corrected chi connectivity index (χ3v) is 6.83. The molecule has 2 aliphatic rings. The van der Waals surface area contributed by atoms with E-state index in [1.807, 2.05) is 29.6 Å². The molecule has 2 atom stereocenters. The summed E-state index contributed by atoms with van der Waals surface area (Å²) in [5.41, 5.74) is 6.08. The van der Waals surface area contributed by atoms with Crippen molar-refractivity contribution in [1.82, 2.24) is 9.88 Å². The zero-order valence-electron chi connectivity index (χ0n) is 17.3. The van der Waals surface area contributed by atoms with Gasteiger partial charge in [0.15, 0.2) is 0 Å². The average molecular weight is 442 g/mol. The zero-order valence-corrected chi connectivity index (χ0v) is 18.1. The minimum Gasteiger partial charge on any atom is -0.369 e. The lowest BCUT2D eigenvalue weighted by molar-refractivity contribution is -0.122. The molecule has 0 spiro atoms. The lowest BCUT2D eigenvalue weighted by atomic mass is 9.97. The van der Waals surface area contributed by atoms with Crippen LogP contribution in [-0.4, -0.2) is 53.8 Å². The van der Waals surface area contributed by atoms with E-state index in [0.717, 1.165) is 38.0 Å². The predicted molar refractivity (Wildman–Crippen MR) is 120 cm³/mol. The number of amides is 3. The first-order chi connectivity index (χ1) is 15.0. The topological polar surface area (TPSA) is 109 Å². The largest absolute Gasteiger partial charge is 0.369 e. The Morgan fingerprint density at radius 2 is 1.87 bits per heavy atom. The van der Waals surface area contributed by atoms with Crippen molar-refractivity contribution in [2.45, 2.75) is 25.7 Å². The molecule has 3 amide bonds. The number of aromatic nitrogens is 1. The second kappa shape index (κ2) is 9.47. The number of nitrogens with one attached hydrogen (secondary N) is 1. The summed E-state index contributed by atoms with van der Waals surface area (Å²) in [5, 5.41) is 4.82. The van der Waals surface area contributed by atoms with Gasteiger partial charge in [0.05, 0.1) is 28.6 Å². The lowest BCUT2D eigenvalue weighted by Gasteiger charge is -2.32. The minimum atomic E-state index is -0.271. The number of anilines is 2. The standard InChI is InChI=1S/C22H27N5O3S/c23-20(28)15-4-1-9-26(13-15)19-8-7-17(12-24-19)25-21(29)16-5-2-10-27(14-16)22(30)18-6-3-11-31-18/h3,6-8,11-12,15-16H,1-2,4-5,9-10,13-14H2,(H2,23,28)(H,25,29). The fraction of sp³-hybridized carbons (Fsp3) is 0.455. The van der Waals surface area contributed by atoms with E-state index >= 15 is 0 Å². The van der Waals surface area contributed by atoms with Crippen molar-refractivity contribution in [3.05, 3.63) is 40.7 Å². The Hall–Kier alpha value is -2.94. The molecule has 2 aliphatic heterocycles. The number of carbonyl (C=O) groups excluding carboxylic acids is 3. The number of likely N-dealkylation sites (tertiary alicyclic amines) is 1. The van der Waals surface area contributed by atoms with Crippen molar-refractivity contribution >= 4 is 40.6 Å². The Labute approximate surface area is 185 Å². The van der Waals surface area contributed by atoms with Gasteiger partial charge in [0.2, 0.25) is 11.8 Å². The molecule has 4 heterocycles. The predicted octanol–water partition coefficient (Wildman–Crippen LogP) is 2.34. The third kappa shape index (κ3) is 5.04. The molecular weight excluding hydrogens is 414 g/mol. The Balaban J connectivity index is 1.34. The van der Waals surface area contributed by atoms with Crippen molar-refractivity contribution in [3.63, 3.8) is 0 Å². The van der Waals surface area contributed by atoms with Crippen LogP contribution in [0.1, 0.15) is 35.4 Å². The van der Waals surface area contributed by atoms with Gasteiger partial charge in [-0.2, -0.15) is 0 Å². The van der Waals surface area contributed by atoms with E-state index in [2.05, 4.69) is 15.2 Å². The molecule has 164 valence electrons. The van der Waals surface area contributed by atoms with E-state index in [0.29, 0.717) is 30.2 Å². The van der Waals surface area contributed by atoms with Crippen LogP contribution in [0.2, 0.25) is 0 Å². The summed E-state index contributed by atoms with van der Waals surface area (Å²) in [6, 6.07) is 7.36. The van der Waals surface area contributed by atoms with Gasteiger partial charge >= 0.3 is 0 Å². The molecule has 2 fully saturated rings. The molecule has 8 nitrogen and oxygen atoms in total. The number of carbonyl (C=O) groups is 3. The Bertz CT molecular complexity index is 931. The summed E-state index contributed by atoms with van der Waals surface area (Å²) in [4.78, 5) is 45.9. The maximum Gasteiger partial charge on any atom is 0.263 e. The molecule has 4 rings (SSSR count). The summed E-state index contributed by atoms with van der Waals surface area (Å²) >= 11 is 1.42. The van der Waals surface area contributed by atoms with Crippen LogP contribution in [0.25, 0.3) is 0 Å². The highest BCUT2D eigenvalue weighted by molar-refractivity contribution is 7.12. The first-order valence-corrected chi connectivity index (χ1v) is 11.5. The van der Waals surface area contributed by atoms with Crippen molar-refractivity contribution in [2.24, 2.45) is 17.6 Å². The Morgan fingerprint density at radius 1 is 1.06 bits per heavy atom. The normalized spacial score (nSPS) is 21.5. The van der Waals surface area contributed by atoms with Gasteiger partial charge in [0.25, 0.3) is 5.91 Å². The molecule has 0 saturated carbocycles. The first-order valence-electron chi connectivity index (χ1n) is 10.6. The van der Waals surface area contributed by atoms with Gasteiger partial charge in [-0.15, -0.1) is 11.3 Å². The van der Waals surface area contributed by atoms with E-state index in [4.69, 9.17) is 5.73 Å². The molecule has 9 heteroatoms. The van der Waals surface area contributed by atoms with Gasteiger partial charge in [0, 0.05) is 26.2 Å². The highest BCUT2D eigenvalue weighted by atomic mass is 32.1. The highest BCUT2D eigenvalue weighted by Crippen LogP contribution is 2.24. The van der Waals surface area contributed by atoms with Crippen LogP contribution in [0.3, 0.4) is 0 Å². The van der Waals surface area contributed by atoms with E-state index in [9.17, 15) is 14.4 Å². The Kier molecular flexibility index (Phi) is 6.50. The number of rotatable bonds is 5. The average Bonchev–Trinajstić information content (AvgIpc) is 3.34. The van der Waals surface area contributed by atoms with Crippen LogP contribution < -0.4 is 16.0 Å². The highest BCUT2D eigenvalue weighted by Gasteiger charge is 2.29. The van der Waals surface area contributed by atoms with Crippen molar-refractivity contribution in [2.75, 3.05) is 36.4 Å². The number of piperidine rings is 2. The minimum absolute atomic E-state index is 0.00526. The van der Waals surface area contributed by atoms with Crippen LogP contribution in [0.5, 0.6) is 0 Å². The molecule has 2 saturated heterocycles. The summed E-state index contributed by atoms with van der Waals surface area (Å²) in [6.45, 7) is 2.51. The molecule has 0 aliphatic carbocycles. The number of nitrogens with two attached hydrogens (primary N) is 1. The van der Waals surface area contributed by atoms with Crippen LogP contribution in [0.4, 0.5) is 11.5 Å². The van der Waals surface area contributed by atoms with Gasteiger partial charge in [0.1, 0.15) is 5.82 Å². The second-order valence-corrected chi connectivity index (χ2v) is 9.10. The molecule has 31 heavy (non-hydrogen) atoms. The number of pyridine rings is 1. The number of nitrogens with zero attached hydrogens (tertiary/aromatic N) is 3. The monoisotopic (exact) mass is 441 g/mol. The molecular formula is C22H27N5O3S. The lowest BCUT2D eigenvalue weighted by Crippen LogP contribution is -2.43.